The number of fused-ring (bicyclic) bond motifs is 1. The summed E-state index contributed by atoms with van der Waals surface area (Å²) in [6.45, 7) is 6.26. The lowest BCUT2D eigenvalue weighted by atomic mass is 10.2. The van der Waals surface area contributed by atoms with Crippen LogP contribution in [0.5, 0.6) is 0 Å². The molecule has 2 aliphatic rings. The third-order valence-electron chi connectivity index (χ3n) is 4.82. The van der Waals surface area contributed by atoms with Gasteiger partial charge in [0.15, 0.2) is 0 Å². The Balaban J connectivity index is 1.93. The molecule has 24 heavy (non-hydrogen) atoms. The molecule has 0 aromatic heterocycles. The van der Waals surface area contributed by atoms with E-state index in [-0.39, 0.29) is 11.9 Å². The van der Waals surface area contributed by atoms with Gasteiger partial charge in [-0.05, 0) is 49.6 Å². The Bertz CT molecular complexity index is 727. The van der Waals surface area contributed by atoms with E-state index >= 15 is 0 Å². The van der Waals surface area contributed by atoms with Crippen LogP contribution in [0.3, 0.4) is 0 Å². The lowest BCUT2D eigenvalue weighted by Crippen LogP contribution is -2.42. The Kier molecular flexibility index (Phi) is 4.94. The highest BCUT2D eigenvalue weighted by molar-refractivity contribution is 7.89. The van der Waals surface area contributed by atoms with Crippen LogP contribution in [0.25, 0.3) is 0 Å². The zero-order valence-electron chi connectivity index (χ0n) is 14.3. The van der Waals surface area contributed by atoms with E-state index in [2.05, 4.69) is 5.32 Å². The number of carbonyl (C=O) groups excluding carboxylic acids is 1. The summed E-state index contributed by atoms with van der Waals surface area (Å²) in [4.78, 5) is 13.7. The zero-order valence-corrected chi connectivity index (χ0v) is 15.1. The summed E-state index contributed by atoms with van der Waals surface area (Å²) in [5.74, 6) is -0.00556. The fourth-order valence-corrected chi connectivity index (χ4v) is 5.40. The molecule has 0 aliphatic carbocycles. The van der Waals surface area contributed by atoms with E-state index in [0.29, 0.717) is 31.0 Å². The molecule has 7 heteroatoms. The van der Waals surface area contributed by atoms with Gasteiger partial charge in [0.1, 0.15) is 0 Å². The molecule has 1 N–H and O–H groups in total. The molecule has 2 aliphatic heterocycles. The minimum atomic E-state index is -3.52. The molecule has 0 saturated carbocycles. The van der Waals surface area contributed by atoms with Gasteiger partial charge in [-0.2, -0.15) is 4.31 Å². The van der Waals surface area contributed by atoms with Crippen LogP contribution < -0.4 is 10.2 Å². The molecule has 1 aromatic carbocycles. The number of hydrogen-bond acceptors (Lipinski definition) is 4. The Morgan fingerprint density at radius 2 is 2.21 bits per heavy atom. The summed E-state index contributed by atoms with van der Waals surface area (Å²) in [6.07, 6.45) is 2.35. The summed E-state index contributed by atoms with van der Waals surface area (Å²) in [6, 6.07) is 5.18. The second kappa shape index (κ2) is 6.82. The zero-order chi connectivity index (χ0) is 17.3. The molecular formula is C17H25N3O3S. The number of rotatable bonds is 5. The molecule has 2 heterocycles. The number of hydrogen-bond donors (Lipinski definition) is 1. The molecule has 6 nitrogen and oxygen atoms in total. The lowest BCUT2D eigenvalue weighted by molar-refractivity contribution is -0.116. The van der Waals surface area contributed by atoms with Gasteiger partial charge in [-0.1, -0.05) is 6.92 Å². The van der Waals surface area contributed by atoms with E-state index < -0.39 is 10.0 Å². The van der Waals surface area contributed by atoms with Crippen molar-refractivity contribution in [2.45, 2.75) is 44.0 Å². The predicted molar refractivity (Wildman–Crippen MR) is 93.6 cm³/mol. The first-order valence-corrected chi connectivity index (χ1v) is 10.0. The Labute approximate surface area is 143 Å². The number of sulfonamides is 1. The SMILES string of the molecule is CCCN(C1CCNC1)S(=O)(=O)c1ccc2c(c1)CCN2C(C)=O. The fraction of sp³-hybridized carbons (Fsp3) is 0.588. The summed E-state index contributed by atoms with van der Waals surface area (Å²) in [7, 11) is -3.52. The molecule has 1 amide bonds. The normalized spacial score (nSPS) is 20.6. The van der Waals surface area contributed by atoms with E-state index in [9.17, 15) is 13.2 Å². The standard InChI is InChI=1S/C17H25N3O3S/c1-3-9-20(15-6-8-18-12-15)24(22,23)16-4-5-17-14(11-16)7-10-19(17)13(2)21/h4-5,11,15,18H,3,6-10,12H2,1-2H3. The molecule has 0 spiro atoms. The molecule has 1 atom stereocenters. The van der Waals surface area contributed by atoms with Crippen LogP contribution in [-0.2, 0) is 21.2 Å². The van der Waals surface area contributed by atoms with Crippen LogP contribution in [0.1, 0.15) is 32.3 Å². The molecule has 132 valence electrons. The first-order chi connectivity index (χ1) is 11.4. The molecule has 0 radical (unpaired) electrons. The lowest BCUT2D eigenvalue weighted by Gasteiger charge is -2.27. The van der Waals surface area contributed by atoms with Gasteiger partial charge in [-0.15, -0.1) is 0 Å². The molecular weight excluding hydrogens is 326 g/mol. The number of nitrogens with one attached hydrogen (secondary N) is 1. The number of nitrogens with zero attached hydrogens (tertiary/aromatic N) is 2. The Hall–Kier alpha value is -1.44. The highest BCUT2D eigenvalue weighted by Gasteiger charge is 2.33. The third-order valence-corrected chi connectivity index (χ3v) is 6.77. The average Bonchev–Trinajstić information content (AvgIpc) is 3.20. The van der Waals surface area contributed by atoms with Crippen molar-refractivity contribution in [2.75, 3.05) is 31.1 Å². The minimum absolute atomic E-state index is 0.00556. The molecule has 3 rings (SSSR count). The average molecular weight is 351 g/mol. The van der Waals surface area contributed by atoms with Crippen molar-refractivity contribution in [3.05, 3.63) is 23.8 Å². The maximum Gasteiger partial charge on any atom is 0.243 e. The van der Waals surface area contributed by atoms with E-state index in [0.717, 1.165) is 30.6 Å². The van der Waals surface area contributed by atoms with E-state index in [1.54, 1.807) is 27.4 Å². The maximum absolute atomic E-state index is 13.1. The van der Waals surface area contributed by atoms with Gasteiger partial charge in [-0.3, -0.25) is 4.79 Å². The van der Waals surface area contributed by atoms with Crippen LogP contribution in [0.15, 0.2) is 23.1 Å². The summed E-state index contributed by atoms with van der Waals surface area (Å²) < 4.78 is 27.9. The van der Waals surface area contributed by atoms with E-state index in [1.165, 1.54) is 6.92 Å². The number of anilines is 1. The van der Waals surface area contributed by atoms with Crippen molar-refractivity contribution < 1.29 is 13.2 Å². The van der Waals surface area contributed by atoms with Crippen molar-refractivity contribution in [1.82, 2.24) is 9.62 Å². The summed E-state index contributed by atoms with van der Waals surface area (Å²) >= 11 is 0. The smallest absolute Gasteiger partial charge is 0.243 e. The van der Waals surface area contributed by atoms with Gasteiger partial charge in [0.25, 0.3) is 0 Å². The Morgan fingerprint density at radius 3 is 2.83 bits per heavy atom. The Morgan fingerprint density at radius 1 is 1.42 bits per heavy atom. The molecule has 1 unspecified atom stereocenters. The van der Waals surface area contributed by atoms with Crippen LogP contribution in [0.4, 0.5) is 5.69 Å². The van der Waals surface area contributed by atoms with Crippen molar-refractivity contribution in [3.8, 4) is 0 Å². The van der Waals surface area contributed by atoms with Crippen LogP contribution in [-0.4, -0.2) is 50.9 Å². The first-order valence-electron chi connectivity index (χ1n) is 8.58. The van der Waals surface area contributed by atoms with Gasteiger partial charge in [0.05, 0.1) is 4.90 Å². The first kappa shape index (κ1) is 17.4. The number of amides is 1. The maximum atomic E-state index is 13.1. The summed E-state index contributed by atoms with van der Waals surface area (Å²) in [5.41, 5.74) is 1.78. The number of carbonyl (C=O) groups is 1. The molecule has 1 fully saturated rings. The predicted octanol–water partition coefficient (Wildman–Crippen LogP) is 1.36. The topological polar surface area (TPSA) is 69.7 Å². The fourth-order valence-electron chi connectivity index (χ4n) is 3.61. The second-order valence-electron chi connectivity index (χ2n) is 6.47. The van der Waals surface area contributed by atoms with Crippen LogP contribution in [0.2, 0.25) is 0 Å². The van der Waals surface area contributed by atoms with Crippen LogP contribution in [0, 0.1) is 0 Å². The third kappa shape index (κ3) is 3.08. The highest BCUT2D eigenvalue weighted by atomic mass is 32.2. The van der Waals surface area contributed by atoms with Crippen molar-refractivity contribution in [3.63, 3.8) is 0 Å². The van der Waals surface area contributed by atoms with Crippen molar-refractivity contribution in [2.24, 2.45) is 0 Å². The minimum Gasteiger partial charge on any atom is -0.315 e. The summed E-state index contributed by atoms with van der Waals surface area (Å²) in [5, 5.41) is 3.24. The van der Waals surface area contributed by atoms with Gasteiger partial charge in [0.2, 0.25) is 15.9 Å². The molecule has 1 aromatic rings. The van der Waals surface area contributed by atoms with Gasteiger partial charge >= 0.3 is 0 Å². The van der Waals surface area contributed by atoms with Gasteiger partial charge < -0.3 is 10.2 Å². The molecule has 0 bridgehead atoms. The van der Waals surface area contributed by atoms with Gasteiger partial charge in [-0.25, -0.2) is 8.42 Å². The van der Waals surface area contributed by atoms with Crippen LogP contribution >= 0.6 is 0 Å². The van der Waals surface area contributed by atoms with Crippen molar-refractivity contribution >= 4 is 21.6 Å². The van der Waals surface area contributed by atoms with E-state index in [4.69, 9.17) is 0 Å². The second-order valence-corrected chi connectivity index (χ2v) is 8.36. The van der Waals surface area contributed by atoms with Crippen molar-refractivity contribution in [1.29, 1.82) is 0 Å². The van der Waals surface area contributed by atoms with E-state index in [1.807, 2.05) is 6.92 Å². The van der Waals surface area contributed by atoms with Gasteiger partial charge in [0, 0.05) is 38.3 Å². The monoisotopic (exact) mass is 351 g/mol. The largest absolute Gasteiger partial charge is 0.315 e. The highest BCUT2D eigenvalue weighted by Crippen LogP contribution is 2.32. The number of benzene rings is 1. The molecule has 1 saturated heterocycles. The quantitative estimate of drug-likeness (QED) is 0.870.